The van der Waals surface area contributed by atoms with Gasteiger partial charge in [-0.25, -0.2) is 0 Å². The molecular formula is C25H40O3. The Bertz CT molecular complexity index is 627. The molecule has 158 valence electrons. The first-order valence-corrected chi connectivity index (χ1v) is 11.9. The molecular weight excluding hydrogens is 348 g/mol. The zero-order valence-electron chi connectivity index (χ0n) is 18.5. The van der Waals surface area contributed by atoms with Crippen molar-refractivity contribution >= 4 is 11.8 Å². The Morgan fingerprint density at radius 3 is 2.57 bits per heavy atom. The summed E-state index contributed by atoms with van der Waals surface area (Å²) in [5, 5.41) is 0. The molecule has 0 aromatic heterocycles. The molecule has 0 N–H and O–H groups in total. The van der Waals surface area contributed by atoms with Crippen molar-refractivity contribution in [2.24, 2.45) is 46.3 Å². The van der Waals surface area contributed by atoms with Gasteiger partial charge in [-0.1, -0.05) is 33.6 Å². The van der Waals surface area contributed by atoms with Crippen molar-refractivity contribution < 1.29 is 14.3 Å². The number of carbonyl (C=O) groups excluding carboxylic acids is 2. The highest BCUT2D eigenvalue weighted by atomic mass is 16.5. The standard InChI is InChI=1S/C25H40O3/c1-16(8-11-22(27)28-4)18-9-10-19-23-20(12-14-25(18,19)3)24(2)13-6-5-7-17(24)15-21(23)26/h16-20,23H,5-15H2,1-4H3/t16?,17-,18+,19-,20-,23-,24-,25+/m0/s1. The predicted molar refractivity (Wildman–Crippen MR) is 111 cm³/mol. The SMILES string of the molecule is COC(=O)CCC(C)[C@H]1CC[C@H]2[C@@H]3C(=O)C[C@@H]4CCCC[C@]4(C)[C@H]3CC[C@]12C. The Labute approximate surface area is 171 Å². The van der Waals surface area contributed by atoms with Gasteiger partial charge in [0.2, 0.25) is 0 Å². The quantitative estimate of drug-likeness (QED) is 0.571. The second-order valence-electron chi connectivity index (χ2n) is 11.2. The predicted octanol–water partition coefficient (Wildman–Crippen LogP) is 5.80. The third kappa shape index (κ3) is 3.06. The molecule has 0 heterocycles. The van der Waals surface area contributed by atoms with Gasteiger partial charge in [-0.3, -0.25) is 9.59 Å². The van der Waals surface area contributed by atoms with Crippen LogP contribution in [0.5, 0.6) is 0 Å². The van der Waals surface area contributed by atoms with Gasteiger partial charge in [-0.15, -0.1) is 0 Å². The molecule has 8 atom stereocenters. The summed E-state index contributed by atoms with van der Waals surface area (Å²) in [5.74, 6) is 3.86. The molecule has 3 nitrogen and oxygen atoms in total. The van der Waals surface area contributed by atoms with E-state index in [1.807, 2.05) is 0 Å². The number of hydrogen-bond acceptors (Lipinski definition) is 3. The minimum atomic E-state index is -0.0889. The van der Waals surface area contributed by atoms with Gasteiger partial charge < -0.3 is 4.74 Å². The highest BCUT2D eigenvalue weighted by Gasteiger charge is 2.62. The Morgan fingerprint density at radius 2 is 1.82 bits per heavy atom. The van der Waals surface area contributed by atoms with E-state index in [1.54, 1.807) is 0 Å². The van der Waals surface area contributed by atoms with E-state index in [4.69, 9.17) is 4.74 Å². The first-order valence-electron chi connectivity index (χ1n) is 11.9. The topological polar surface area (TPSA) is 43.4 Å². The number of Topliss-reactive ketones (excluding diaryl/α,β-unsaturated/α-hetero) is 1. The second-order valence-corrected chi connectivity index (χ2v) is 11.2. The third-order valence-corrected chi connectivity index (χ3v) is 10.2. The first-order chi connectivity index (χ1) is 13.3. The lowest BCUT2D eigenvalue weighted by Gasteiger charge is -2.60. The van der Waals surface area contributed by atoms with E-state index in [1.165, 1.54) is 58.5 Å². The summed E-state index contributed by atoms with van der Waals surface area (Å²) < 4.78 is 4.86. The number of hydrogen-bond donors (Lipinski definition) is 0. The van der Waals surface area contributed by atoms with Gasteiger partial charge in [0.15, 0.2) is 0 Å². The minimum Gasteiger partial charge on any atom is -0.469 e. The summed E-state index contributed by atoms with van der Waals surface area (Å²) >= 11 is 0. The van der Waals surface area contributed by atoms with Gasteiger partial charge >= 0.3 is 5.97 Å². The van der Waals surface area contributed by atoms with Gasteiger partial charge in [-0.2, -0.15) is 0 Å². The zero-order valence-corrected chi connectivity index (χ0v) is 18.5. The second kappa shape index (κ2) is 7.43. The Morgan fingerprint density at radius 1 is 1.07 bits per heavy atom. The molecule has 28 heavy (non-hydrogen) atoms. The van der Waals surface area contributed by atoms with Crippen LogP contribution in [0.2, 0.25) is 0 Å². The normalized spacial score (nSPS) is 46.3. The molecule has 0 saturated heterocycles. The van der Waals surface area contributed by atoms with Crippen LogP contribution < -0.4 is 0 Å². The smallest absolute Gasteiger partial charge is 0.305 e. The van der Waals surface area contributed by atoms with E-state index in [0.717, 1.165) is 12.8 Å². The van der Waals surface area contributed by atoms with Crippen molar-refractivity contribution in [3.05, 3.63) is 0 Å². The average molecular weight is 389 g/mol. The maximum absolute atomic E-state index is 13.4. The lowest BCUT2D eigenvalue weighted by atomic mass is 9.44. The molecule has 4 aliphatic carbocycles. The number of rotatable bonds is 4. The molecule has 3 heteroatoms. The van der Waals surface area contributed by atoms with Gasteiger partial charge in [0.25, 0.3) is 0 Å². The summed E-state index contributed by atoms with van der Waals surface area (Å²) in [4.78, 5) is 25.0. The van der Waals surface area contributed by atoms with Crippen molar-refractivity contribution in [3.63, 3.8) is 0 Å². The van der Waals surface area contributed by atoms with Crippen molar-refractivity contribution in [1.29, 1.82) is 0 Å². The maximum Gasteiger partial charge on any atom is 0.305 e. The molecule has 4 aliphatic rings. The number of ketones is 1. The molecule has 0 radical (unpaired) electrons. The summed E-state index contributed by atoms with van der Waals surface area (Å²) in [6.45, 7) is 7.35. The minimum absolute atomic E-state index is 0.0889. The van der Waals surface area contributed by atoms with E-state index in [9.17, 15) is 9.59 Å². The highest BCUT2D eigenvalue weighted by Crippen LogP contribution is 2.67. The number of carbonyl (C=O) groups is 2. The molecule has 0 aromatic rings. The van der Waals surface area contributed by atoms with Crippen LogP contribution in [0.15, 0.2) is 0 Å². The zero-order chi connectivity index (χ0) is 20.1. The molecule has 0 amide bonds. The van der Waals surface area contributed by atoms with Crippen LogP contribution in [0, 0.1) is 46.3 Å². The highest BCUT2D eigenvalue weighted by molar-refractivity contribution is 5.83. The fourth-order valence-corrected chi connectivity index (χ4v) is 8.59. The van der Waals surface area contributed by atoms with Crippen LogP contribution in [0.4, 0.5) is 0 Å². The summed E-state index contributed by atoms with van der Waals surface area (Å²) in [7, 11) is 1.48. The molecule has 4 saturated carbocycles. The van der Waals surface area contributed by atoms with Crippen LogP contribution in [0.1, 0.15) is 91.4 Å². The van der Waals surface area contributed by atoms with Gasteiger partial charge in [0.05, 0.1) is 7.11 Å². The summed E-state index contributed by atoms with van der Waals surface area (Å²) in [6.07, 6.45) is 12.6. The summed E-state index contributed by atoms with van der Waals surface area (Å²) in [5.41, 5.74) is 0.691. The van der Waals surface area contributed by atoms with Crippen LogP contribution >= 0.6 is 0 Å². The fraction of sp³-hybridized carbons (Fsp3) is 0.920. The van der Waals surface area contributed by atoms with Crippen LogP contribution in [-0.2, 0) is 14.3 Å². The van der Waals surface area contributed by atoms with E-state index in [0.29, 0.717) is 53.1 Å². The summed E-state index contributed by atoms with van der Waals surface area (Å²) in [6, 6.07) is 0. The lowest BCUT2D eigenvalue weighted by Crippen LogP contribution is -2.56. The molecule has 4 rings (SSSR count). The number of methoxy groups -OCH3 is 1. The largest absolute Gasteiger partial charge is 0.469 e. The maximum atomic E-state index is 13.4. The van der Waals surface area contributed by atoms with Crippen LogP contribution in [0.25, 0.3) is 0 Å². The van der Waals surface area contributed by atoms with E-state index in [2.05, 4.69) is 20.8 Å². The Kier molecular flexibility index (Phi) is 5.42. The molecule has 0 bridgehead atoms. The molecule has 0 spiro atoms. The van der Waals surface area contributed by atoms with Crippen molar-refractivity contribution in [2.45, 2.75) is 91.4 Å². The molecule has 1 unspecified atom stereocenters. The van der Waals surface area contributed by atoms with Crippen LogP contribution in [-0.4, -0.2) is 18.9 Å². The van der Waals surface area contributed by atoms with Crippen molar-refractivity contribution in [3.8, 4) is 0 Å². The molecule has 0 aromatic carbocycles. The third-order valence-electron chi connectivity index (χ3n) is 10.2. The Hall–Kier alpha value is -0.860. The van der Waals surface area contributed by atoms with Crippen molar-refractivity contribution in [2.75, 3.05) is 7.11 Å². The Balaban J connectivity index is 1.54. The van der Waals surface area contributed by atoms with Crippen molar-refractivity contribution in [1.82, 2.24) is 0 Å². The number of fused-ring (bicyclic) bond motifs is 5. The van der Waals surface area contributed by atoms with E-state index >= 15 is 0 Å². The number of ether oxygens (including phenoxy) is 1. The lowest BCUT2D eigenvalue weighted by molar-refractivity contribution is -0.156. The fourth-order valence-electron chi connectivity index (χ4n) is 8.59. The van der Waals surface area contributed by atoms with Gasteiger partial charge in [0, 0.05) is 18.8 Å². The molecule has 4 fully saturated rings. The first kappa shape index (κ1) is 20.4. The number of esters is 1. The average Bonchev–Trinajstić information content (AvgIpc) is 3.03. The van der Waals surface area contributed by atoms with E-state index < -0.39 is 0 Å². The monoisotopic (exact) mass is 388 g/mol. The molecule has 0 aliphatic heterocycles. The van der Waals surface area contributed by atoms with E-state index in [-0.39, 0.29) is 11.4 Å². The van der Waals surface area contributed by atoms with Gasteiger partial charge in [-0.05, 0) is 85.4 Å². The van der Waals surface area contributed by atoms with Crippen LogP contribution in [0.3, 0.4) is 0 Å². The van der Waals surface area contributed by atoms with Gasteiger partial charge in [0.1, 0.15) is 5.78 Å².